The third-order valence-electron chi connectivity index (χ3n) is 5.65. The van der Waals surface area contributed by atoms with Gasteiger partial charge in [0.1, 0.15) is 0 Å². The summed E-state index contributed by atoms with van der Waals surface area (Å²) >= 11 is 0. The Kier molecular flexibility index (Phi) is 7.35. The molecule has 6 nitrogen and oxygen atoms in total. The molecule has 0 aliphatic heterocycles. The van der Waals surface area contributed by atoms with Gasteiger partial charge in [-0.25, -0.2) is 4.98 Å². The SMILES string of the molecule is CCOc1ccccc1Oc1ccc(CNC(=O)CCC(=O)c2ccc3c(c2)CCC3)cn1. The van der Waals surface area contributed by atoms with Crippen molar-refractivity contribution >= 4 is 11.7 Å². The van der Waals surface area contributed by atoms with Gasteiger partial charge in [0.25, 0.3) is 0 Å². The fourth-order valence-electron chi connectivity index (χ4n) is 3.90. The number of para-hydroxylation sites is 2. The van der Waals surface area contributed by atoms with Crippen molar-refractivity contribution in [1.82, 2.24) is 10.3 Å². The summed E-state index contributed by atoms with van der Waals surface area (Å²) in [6, 6.07) is 16.9. The Labute approximate surface area is 194 Å². The maximum absolute atomic E-state index is 12.5. The molecule has 1 heterocycles. The van der Waals surface area contributed by atoms with Gasteiger partial charge in [-0.1, -0.05) is 30.3 Å². The van der Waals surface area contributed by atoms with Crippen molar-refractivity contribution in [2.24, 2.45) is 0 Å². The van der Waals surface area contributed by atoms with Crippen LogP contribution in [0.15, 0.2) is 60.8 Å². The highest BCUT2D eigenvalue weighted by atomic mass is 16.5. The summed E-state index contributed by atoms with van der Waals surface area (Å²) in [6.07, 6.45) is 5.31. The molecule has 0 saturated heterocycles. The molecule has 0 unspecified atom stereocenters. The predicted molar refractivity (Wildman–Crippen MR) is 126 cm³/mol. The van der Waals surface area contributed by atoms with Crippen LogP contribution in [0.5, 0.6) is 17.4 Å². The third-order valence-corrected chi connectivity index (χ3v) is 5.65. The summed E-state index contributed by atoms with van der Waals surface area (Å²) in [7, 11) is 0. The zero-order valence-corrected chi connectivity index (χ0v) is 18.8. The fraction of sp³-hybridized carbons (Fsp3) is 0.296. The van der Waals surface area contributed by atoms with Crippen LogP contribution in [0.2, 0.25) is 0 Å². The Morgan fingerprint density at radius 3 is 2.58 bits per heavy atom. The number of hydrogen-bond acceptors (Lipinski definition) is 5. The maximum atomic E-state index is 12.5. The second-order valence-electron chi connectivity index (χ2n) is 8.02. The van der Waals surface area contributed by atoms with E-state index in [1.807, 2.05) is 55.5 Å². The van der Waals surface area contributed by atoms with Crippen LogP contribution >= 0.6 is 0 Å². The van der Waals surface area contributed by atoms with E-state index in [2.05, 4.69) is 10.3 Å². The van der Waals surface area contributed by atoms with E-state index in [4.69, 9.17) is 9.47 Å². The quantitative estimate of drug-likeness (QED) is 0.443. The van der Waals surface area contributed by atoms with Crippen LogP contribution in [0.4, 0.5) is 0 Å². The highest BCUT2D eigenvalue weighted by Gasteiger charge is 2.15. The van der Waals surface area contributed by atoms with Gasteiger partial charge in [-0.3, -0.25) is 9.59 Å². The summed E-state index contributed by atoms with van der Waals surface area (Å²) in [6.45, 7) is 2.81. The first-order valence-electron chi connectivity index (χ1n) is 11.4. The third kappa shape index (κ3) is 5.98. The summed E-state index contributed by atoms with van der Waals surface area (Å²) < 4.78 is 11.4. The topological polar surface area (TPSA) is 77.5 Å². The molecule has 1 aliphatic carbocycles. The molecule has 4 rings (SSSR count). The molecule has 1 aromatic heterocycles. The van der Waals surface area contributed by atoms with E-state index in [0.29, 0.717) is 36.1 Å². The van der Waals surface area contributed by atoms with Crippen molar-refractivity contribution in [2.75, 3.05) is 6.61 Å². The van der Waals surface area contributed by atoms with Gasteiger partial charge in [0, 0.05) is 37.2 Å². The summed E-state index contributed by atoms with van der Waals surface area (Å²) in [5, 5.41) is 2.85. The minimum absolute atomic E-state index is 0.00959. The number of benzene rings is 2. The van der Waals surface area contributed by atoms with Gasteiger partial charge in [0.15, 0.2) is 17.3 Å². The molecule has 3 aromatic rings. The van der Waals surface area contributed by atoms with E-state index in [9.17, 15) is 9.59 Å². The first-order chi connectivity index (χ1) is 16.1. The lowest BCUT2D eigenvalue weighted by Gasteiger charge is -2.11. The zero-order chi connectivity index (χ0) is 23.0. The highest BCUT2D eigenvalue weighted by Crippen LogP contribution is 2.30. The van der Waals surface area contributed by atoms with Gasteiger partial charge in [-0.2, -0.15) is 0 Å². The number of amides is 1. The Bertz CT molecular complexity index is 1130. The first kappa shape index (κ1) is 22.5. The number of Topliss-reactive ketones (excluding diaryl/α,β-unsaturated/α-hetero) is 1. The van der Waals surface area contributed by atoms with E-state index in [1.54, 1.807) is 12.3 Å². The molecule has 33 heavy (non-hydrogen) atoms. The lowest BCUT2D eigenvalue weighted by atomic mass is 10.0. The Morgan fingerprint density at radius 2 is 1.79 bits per heavy atom. The van der Waals surface area contributed by atoms with Gasteiger partial charge in [-0.15, -0.1) is 0 Å². The molecular formula is C27H28N2O4. The first-order valence-corrected chi connectivity index (χ1v) is 11.4. The average molecular weight is 445 g/mol. The molecule has 0 saturated carbocycles. The standard InChI is InChI=1S/C27H28N2O4/c1-2-32-24-8-3-4-9-25(24)33-27-15-10-19(18-29-27)17-28-26(31)14-13-23(30)22-12-11-20-6-5-7-21(20)16-22/h3-4,8-12,15-16,18H,2,5-7,13-14,17H2,1H3,(H,28,31). The monoisotopic (exact) mass is 444 g/mol. The molecular weight excluding hydrogens is 416 g/mol. The van der Waals surface area contributed by atoms with E-state index in [-0.39, 0.29) is 24.5 Å². The van der Waals surface area contributed by atoms with E-state index >= 15 is 0 Å². The molecule has 0 atom stereocenters. The number of nitrogens with zero attached hydrogens (tertiary/aromatic N) is 1. The number of hydrogen-bond donors (Lipinski definition) is 1. The minimum atomic E-state index is -0.157. The van der Waals surface area contributed by atoms with Crippen molar-refractivity contribution in [3.05, 3.63) is 83.0 Å². The molecule has 0 spiro atoms. The summed E-state index contributed by atoms with van der Waals surface area (Å²) in [5.41, 5.74) is 4.16. The molecule has 2 aromatic carbocycles. The molecule has 0 fully saturated rings. The van der Waals surface area contributed by atoms with E-state index in [1.165, 1.54) is 11.1 Å². The Balaban J connectivity index is 1.24. The van der Waals surface area contributed by atoms with Gasteiger partial charge in [0.05, 0.1) is 6.61 Å². The summed E-state index contributed by atoms with van der Waals surface area (Å²) in [5.74, 6) is 1.55. The Hall–Kier alpha value is -3.67. The number of aromatic nitrogens is 1. The minimum Gasteiger partial charge on any atom is -0.490 e. The highest BCUT2D eigenvalue weighted by molar-refractivity contribution is 5.98. The molecule has 1 N–H and O–H groups in total. The van der Waals surface area contributed by atoms with Crippen molar-refractivity contribution in [3.63, 3.8) is 0 Å². The van der Waals surface area contributed by atoms with Crippen LogP contribution in [0.25, 0.3) is 0 Å². The number of pyridine rings is 1. The number of fused-ring (bicyclic) bond motifs is 1. The van der Waals surface area contributed by atoms with E-state index < -0.39 is 0 Å². The van der Waals surface area contributed by atoms with Gasteiger partial charge >= 0.3 is 0 Å². The largest absolute Gasteiger partial charge is 0.490 e. The molecule has 1 aliphatic rings. The second-order valence-corrected chi connectivity index (χ2v) is 8.02. The van der Waals surface area contributed by atoms with Gasteiger partial charge in [-0.05, 0) is 61.1 Å². The van der Waals surface area contributed by atoms with Crippen LogP contribution < -0.4 is 14.8 Å². The van der Waals surface area contributed by atoms with Crippen molar-refractivity contribution in [3.8, 4) is 17.4 Å². The maximum Gasteiger partial charge on any atom is 0.220 e. The average Bonchev–Trinajstić information content (AvgIpc) is 3.31. The van der Waals surface area contributed by atoms with Crippen LogP contribution in [0, 0.1) is 0 Å². The van der Waals surface area contributed by atoms with Gasteiger partial charge < -0.3 is 14.8 Å². The lowest BCUT2D eigenvalue weighted by Crippen LogP contribution is -2.23. The molecule has 170 valence electrons. The number of aryl methyl sites for hydroxylation is 2. The smallest absolute Gasteiger partial charge is 0.220 e. The number of nitrogens with one attached hydrogen (secondary N) is 1. The predicted octanol–water partition coefficient (Wildman–Crippen LogP) is 5.04. The van der Waals surface area contributed by atoms with Crippen LogP contribution in [-0.2, 0) is 24.2 Å². The van der Waals surface area contributed by atoms with Crippen LogP contribution in [-0.4, -0.2) is 23.3 Å². The fourth-order valence-corrected chi connectivity index (χ4v) is 3.90. The second kappa shape index (κ2) is 10.8. The molecule has 1 amide bonds. The van der Waals surface area contributed by atoms with Crippen molar-refractivity contribution < 1.29 is 19.1 Å². The number of rotatable bonds is 10. The van der Waals surface area contributed by atoms with Gasteiger partial charge in [0.2, 0.25) is 11.8 Å². The zero-order valence-electron chi connectivity index (χ0n) is 18.8. The normalized spacial score (nSPS) is 12.2. The molecule has 0 radical (unpaired) electrons. The number of carbonyl (C=O) groups is 2. The van der Waals surface area contributed by atoms with Crippen LogP contribution in [0.3, 0.4) is 0 Å². The molecule has 0 bridgehead atoms. The number of ether oxygens (including phenoxy) is 2. The lowest BCUT2D eigenvalue weighted by molar-refractivity contribution is -0.121. The summed E-state index contributed by atoms with van der Waals surface area (Å²) in [4.78, 5) is 29.0. The van der Waals surface area contributed by atoms with Crippen molar-refractivity contribution in [1.29, 1.82) is 0 Å². The number of ketones is 1. The number of carbonyl (C=O) groups excluding carboxylic acids is 2. The van der Waals surface area contributed by atoms with Crippen LogP contribution in [0.1, 0.15) is 53.2 Å². The van der Waals surface area contributed by atoms with E-state index in [0.717, 1.165) is 24.8 Å². The van der Waals surface area contributed by atoms with Crippen molar-refractivity contribution in [2.45, 2.75) is 45.6 Å². The molecule has 6 heteroatoms. The Morgan fingerprint density at radius 1 is 0.970 bits per heavy atom.